The summed E-state index contributed by atoms with van der Waals surface area (Å²) in [6.07, 6.45) is 0. The van der Waals surface area contributed by atoms with Crippen LogP contribution >= 0.6 is 31.9 Å². The molecule has 1 N–H and O–H groups in total. The number of fused-ring (bicyclic) bond motifs is 1. The van der Waals surface area contributed by atoms with E-state index in [0.717, 1.165) is 23.2 Å². The van der Waals surface area contributed by atoms with Gasteiger partial charge in [-0.3, -0.25) is 0 Å². The number of rotatable bonds is 4. The Balaban J connectivity index is 1.80. The Morgan fingerprint density at radius 3 is 2.52 bits per heavy atom. The first-order valence-electron chi connectivity index (χ1n) is 6.90. The number of para-hydroxylation sites is 2. The summed E-state index contributed by atoms with van der Waals surface area (Å²) in [6, 6.07) is 16.7. The molecule has 0 saturated heterocycles. The van der Waals surface area contributed by atoms with E-state index < -0.39 is 0 Å². The topological polar surface area (TPSA) is 17.0 Å². The van der Waals surface area contributed by atoms with Gasteiger partial charge in [0.05, 0.1) is 0 Å². The molecular weight excluding hydrogens is 392 g/mol. The summed E-state index contributed by atoms with van der Waals surface area (Å²) in [4.78, 5) is 0. The van der Waals surface area contributed by atoms with Gasteiger partial charge in [-0.25, -0.2) is 0 Å². The lowest BCUT2D eigenvalue weighted by atomic mass is 10.2. The fourth-order valence-electron chi connectivity index (χ4n) is 2.58. The Labute approximate surface area is 141 Å². The van der Waals surface area contributed by atoms with Crippen molar-refractivity contribution < 1.29 is 0 Å². The Morgan fingerprint density at radius 2 is 1.71 bits per heavy atom. The van der Waals surface area contributed by atoms with Crippen LogP contribution in [0.2, 0.25) is 0 Å². The van der Waals surface area contributed by atoms with Crippen molar-refractivity contribution in [3.8, 4) is 0 Å². The van der Waals surface area contributed by atoms with Crippen LogP contribution in [-0.4, -0.2) is 11.1 Å². The summed E-state index contributed by atoms with van der Waals surface area (Å²) in [5.74, 6) is 0. The number of halogens is 2. The van der Waals surface area contributed by atoms with Crippen molar-refractivity contribution in [1.82, 2.24) is 4.57 Å². The van der Waals surface area contributed by atoms with E-state index in [1.165, 1.54) is 21.1 Å². The zero-order valence-electron chi connectivity index (χ0n) is 11.7. The smallest absolute Gasteiger partial charge is 0.0494 e. The molecule has 2 nitrogen and oxygen atoms in total. The number of benzene rings is 2. The lowest BCUT2D eigenvalue weighted by Crippen LogP contribution is -2.11. The van der Waals surface area contributed by atoms with E-state index in [4.69, 9.17) is 0 Å². The standard InChI is InChI=1S/C17H16Br2N2/c1-12-17(19)13-6-2-5-9-16(13)21(12)11-10-20-15-8-4-3-7-14(15)18/h2-9,20H,10-11H2,1H3. The molecule has 108 valence electrons. The summed E-state index contributed by atoms with van der Waals surface area (Å²) in [6.45, 7) is 3.97. The molecule has 21 heavy (non-hydrogen) atoms. The first-order chi connectivity index (χ1) is 10.2. The number of anilines is 1. The van der Waals surface area contributed by atoms with Gasteiger partial charge in [0, 0.05) is 44.3 Å². The third-order valence-electron chi connectivity index (χ3n) is 3.68. The molecule has 0 atom stereocenters. The van der Waals surface area contributed by atoms with Gasteiger partial charge < -0.3 is 9.88 Å². The van der Waals surface area contributed by atoms with Crippen LogP contribution in [0.15, 0.2) is 57.5 Å². The molecule has 1 aromatic heterocycles. The SMILES string of the molecule is Cc1c(Br)c2ccccc2n1CCNc1ccccc1Br. The van der Waals surface area contributed by atoms with Gasteiger partial charge in [-0.2, -0.15) is 0 Å². The second-order valence-corrected chi connectivity index (χ2v) is 6.62. The molecule has 0 spiro atoms. The molecule has 3 rings (SSSR count). The fourth-order valence-corrected chi connectivity index (χ4v) is 3.56. The zero-order chi connectivity index (χ0) is 14.8. The Hall–Kier alpha value is -1.26. The summed E-state index contributed by atoms with van der Waals surface area (Å²) in [7, 11) is 0. The van der Waals surface area contributed by atoms with E-state index in [1.807, 2.05) is 12.1 Å². The van der Waals surface area contributed by atoms with Gasteiger partial charge in [-0.15, -0.1) is 0 Å². The van der Waals surface area contributed by atoms with Gasteiger partial charge in [0.1, 0.15) is 0 Å². The lowest BCUT2D eigenvalue weighted by molar-refractivity contribution is 0.733. The summed E-state index contributed by atoms with van der Waals surface area (Å²) >= 11 is 7.27. The fraction of sp³-hybridized carbons (Fsp3) is 0.176. The van der Waals surface area contributed by atoms with E-state index in [0.29, 0.717) is 0 Å². The molecule has 4 heteroatoms. The minimum absolute atomic E-state index is 0.883. The average Bonchev–Trinajstić information content (AvgIpc) is 2.74. The molecule has 0 aliphatic rings. The van der Waals surface area contributed by atoms with E-state index in [-0.39, 0.29) is 0 Å². The van der Waals surface area contributed by atoms with Crippen LogP contribution in [0.3, 0.4) is 0 Å². The van der Waals surface area contributed by atoms with E-state index in [2.05, 4.69) is 85.1 Å². The summed E-state index contributed by atoms with van der Waals surface area (Å²) < 4.78 is 4.64. The van der Waals surface area contributed by atoms with Crippen LogP contribution in [0.1, 0.15) is 5.69 Å². The van der Waals surface area contributed by atoms with Gasteiger partial charge in [0.25, 0.3) is 0 Å². The normalized spacial score (nSPS) is 11.0. The highest BCUT2D eigenvalue weighted by Gasteiger charge is 2.10. The van der Waals surface area contributed by atoms with E-state index >= 15 is 0 Å². The Morgan fingerprint density at radius 1 is 1.00 bits per heavy atom. The molecule has 0 aliphatic carbocycles. The maximum Gasteiger partial charge on any atom is 0.0494 e. The van der Waals surface area contributed by atoms with Crippen molar-refractivity contribution in [1.29, 1.82) is 0 Å². The highest BCUT2D eigenvalue weighted by molar-refractivity contribution is 9.11. The molecule has 0 fully saturated rings. The number of nitrogens with one attached hydrogen (secondary N) is 1. The van der Waals surface area contributed by atoms with Gasteiger partial charge in [-0.1, -0.05) is 30.3 Å². The van der Waals surface area contributed by atoms with Crippen LogP contribution in [0, 0.1) is 6.92 Å². The van der Waals surface area contributed by atoms with Crippen LogP contribution in [0.4, 0.5) is 5.69 Å². The van der Waals surface area contributed by atoms with Gasteiger partial charge >= 0.3 is 0 Å². The number of hydrogen-bond acceptors (Lipinski definition) is 1. The van der Waals surface area contributed by atoms with Crippen LogP contribution in [0.25, 0.3) is 10.9 Å². The zero-order valence-corrected chi connectivity index (χ0v) is 14.9. The quantitative estimate of drug-likeness (QED) is 0.596. The Bertz CT molecular complexity index is 778. The van der Waals surface area contributed by atoms with Crippen molar-refractivity contribution in [2.45, 2.75) is 13.5 Å². The van der Waals surface area contributed by atoms with Gasteiger partial charge in [-0.05, 0) is 57.0 Å². The second-order valence-electron chi connectivity index (χ2n) is 4.97. The molecule has 0 bridgehead atoms. The minimum atomic E-state index is 0.883. The summed E-state index contributed by atoms with van der Waals surface area (Å²) in [5, 5.41) is 4.75. The highest BCUT2D eigenvalue weighted by Crippen LogP contribution is 2.30. The molecule has 0 saturated carbocycles. The minimum Gasteiger partial charge on any atom is -0.382 e. The number of nitrogens with zero attached hydrogens (tertiary/aromatic N) is 1. The molecule has 0 amide bonds. The molecule has 0 radical (unpaired) electrons. The van der Waals surface area contributed by atoms with Crippen LogP contribution < -0.4 is 5.32 Å². The third-order valence-corrected chi connectivity index (χ3v) is 5.37. The number of hydrogen-bond donors (Lipinski definition) is 1. The van der Waals surface area contributed by atoms with E-state index in [1.54, 1.807) is 0 Å². The third kappa shape index (κ3) is 2.87. The first-order valence-corrected chi connectivity index (χ1v) is 8.49. The maximum atomic E-state index is 3.70. The molecular formula is C17H16Br2N2. The van der Waals surface area contributed by atoms with Gasteiger partial charge in [0.15, 0.2) is 0 Å². The average molecular weight is 408 g/mol. The molecule has 2 aromatic carbocycles. The van der Waals surface area contributed by atoms with Crippen LogP contribution in [0.5, 0.6) is 0 Å². The first kappa shape index (κ1) is 14.7. The van der Waals surface area contributed by atoms with Crippen molar-refractivity contribution in [3.63, 3.8) is 0 Å². The Kier molecular flexibility index (Phi) is 4.36. The largest absolute Gasteiger partial charge is 0.382 e. The number of aromatic nitrogens is 1. The molecule has 3 aromatic rings. The van der Waals surface area contributed by atoms with Gasteiger partial charge in [0.2, 0.25) is 0 Å². The lowest BCUT2D eigenvalue weighted by Gasteiger charge is -2.11. The predicted molar refractivity (Wildman–Crippen MR) is 97.0 cm³/mol. The predicted octanol–water partition coefficient (Wildman–Crippen LogP) is 5.59. The maximum absolute atomic E-state index is 3.70. The van der Waals surface area contributed by atoms with Crippen molar-refractivity contribution >= 4 is 48.5 Å². The second kappa shape index (κ2) is 6.24. The van der Waals surface area contributed by atoms with Crippen LogP contribution in [-0.2, 0) is 6.54 Å². The van der Waals surface area contributed by atoms with E-state index in [9.17, 15) is 0 Å². The molecule has 0 aliphatic heterocycles. The molecule has 0 unspecified atom stereocenters. The summed E-state index contributed by atoms with van der Waals surface area (Å²) in [5.41, 5.74) is 3.67. The van der Waals surface area contributed by atoms with Crippen molar-refractivity contribution in [2.75, 3.05) is 11.9 Å². The van der Waals surface area contributed by atoms with Crippen molar-refractivity contribution in [3.05, 3.63) is 63.2 Å². The highest BCUT2D eigenvalue weighted by atomic mass is 79.9. The monoisotopic (exact) mass is 406 g/mol. The molecule has 1 heterocycles. The van der Waals surface area contributed by atoms with Crippen molar-refractivity contribution in [2.24, 2.45) is 0 Å².